The first kappa shape index (κ1) is 16.5. The molecule has 0 aliphatic carbocycles. The summed E-state index contributed by atoms with van der Waals surface area (Å²) in [6, 6.07) is 0. The highest BCUT2D eigenvalue weighted by molar-refractivity contribution is 5.74. The minimum absolute atomic E-state index is 0.0662. The number of hydrogen-bond donors (Lipinski definition) is 2. The summed E-state index contributed by atoms with van der Waals surface area (Å²) in [5, 5.41) is 0. The van der Waals surface area contributed by atoms with Gasteiger partial charge in [0.15, 0.2) is 0 Å². The van der Waals surface area contributed by atoms with Gasteiger partial charge in [0, 0.05) is 12.8 Å². The first-order valence-corrected chi connectivity index (χ1v) is 5.51. The molecule has 0 bridgehead atoms. The Morgan fingerprint density at radius 2 is 2.00 bits per heavy atom. The molecule has 0 heterocycles. The molecule has 90 valence electrons. The van der Waals surface area contributed by atoms with Gasteiger partial charge in [-0.15, -0.1) is 0 Å². The molecule has 1 amide bonds. The van der Waals surface area contributed by atoms with Crippen LogP contribution in [-0.2, 0) is 9.59 Å². The lowest BCUT2D eigenvalue weighted by Gasteiger charge is -1.95. The number of carbonyl (C=O) groups excluding carboxylic acids is 2. The summed E-state index contributed by atoms with van der Waals surface area (Å²) in [5.74, 6) is 5.32. The largest absolute Gasteiger partial charge is 0.303 e. The van der Waals surface area contributed by atoms with E-state index in [4.69, 9.17) is 5.84 Å². The molecule has 0 radical (unpaired) electrons. The molecule has 0 saturated heterocycles. The number of nitrogens with two attached hydrogens (primary N) is 1. The van der Waals surface area contributed by atoms with Gasteiger partial charge in [0.2, 0.25) is 5.91 Å². The summed E-state index contributed by atoms with van der Waals surface area (Å²) in [6.07, 6.45) is 5.39. The highest BCUT2D eigenvalue weighted by Gasteiger charge is 1.94. The smallest absolute Gasteiger partial charge is 0.233 e. The van der Waals surface area contributed by atoms with Gasteiger partial charge in [-0.25, -0.2) is 5.84 Å². The summed E-state index contributed by atoms with van der Waals surface area (Å²) in [5.41, 5.74) is 2.08. The fourth-order valence-electron chi connectivity index (χ4n) is 0.800. The molecule has 4 nitrogen and oxygen atoms in total. The van der Waals surface area contributed by atoms with Gasteiger partial charge in [0.05, 0.1) is 0 Å². The predicted octanol–water partition coefficient (Wildman–Crippen LogP) is 1.79. The number of hydrazine groups is 1. The molecule has 0 fully saturated rings. The second kappa shape index (κ2) is 13.1. The van der Waals surface area contributed by atoms with Gasteiger partial charge in [-0.3, -0.25) is 10.2 Å². The van der Waals surface area contributed by atoms with Gasteiger partial charge in [-0.05, 0) is 12.3 Å². The van der Waals surface area contributed by atoms with E-state index < -0.39 is 0 Å². The molecule has 0 aromatic heterocycles. The van der Waals surface area contributed by atoms with Gasteiger partial charge >= 0.3 is 0 Å². The van der Waals surface area contributed by atoms with Crippen molar-refractivity contribution < 1.29 is 9.59 Å². The lowest BCUT2D eigenvalue weighted by Crippen LogP contribution is -2.29. The zero-order valence-electron chi connectivity index (χ0n) is 10.1. The van der Waals surface area contributed by atoms with Crippen molar-refractivity contribution in [2.75, 3.05) is 0 Å². The van der Waals surface area contributed by atoms with Crippen molar-refractivity contribution in [3.63, 3.8) is 0 Å². The molecule has 0 aliphatic heterocycles. The Morgan fingerprint density at radius 3 is 2.27 bits per heavy atom. The molecule has 15 heavy (non-hydrogen) atoms. The maximum Gasteiger partial charge on any atom is 0.233 e. The van der Waals surface area contributed by atoms with Crippen LogP contribution in [0.25, 0.3) is 0 Å². The highest BCUT2D eigenvalue weighted by Crippen LogP contribution is 1.97. The van der Waals surface area contributed by atoms with Crippen LogP contribution < -0.4 is 11.3 Å². The number of hydrogen-bond acceptors (Lipinski definition) is 3. The van der Waals surface area contributed by atoms with Crippen LogP contribution in [0.5, 0.6) is 0 Å². The second-order valence-electron chi connectivity index (χ2n) is 3.82. The lowest BCUT2D eigenvalue weighted by atomic mass is 10.2. The van der Waals surface area contributed by atoms with E-state index in [1.807, 2.05) is 13.8 Å². The van der Waals surface area contributed by atoms with Crippen LogP contribution in [0.4, 0.5) is 0 Å². The van der Waals surface area contributed by atoms with Gasteiger partial charge < -0.3 is 4.79 Å². The molecule has 4 heteroatoms. The van der Waals surface area contributed by atoms with E-state index >= 15 is 0 Å². The van der Waals surface area contributed by atoms with E-state index in [-0.39, 0.29) is 5.91 Å². The number of aldehydes is 1. The third-order valence-electron chi connectivity index (χ3n) is 1.74. The van der Waals surface area contributed by atoms with E-state index in [0.717, 1.165) is 25.5 Å². The second-order valence-corrected chi connectivity index (χ2v) is 3.82. The Bertz CT molecular complexity index is 159. The monoisotopic (exact) mass is 216 g/mol. The Hall–Kier alpha value is -0.900. The van der Waals surface area contributed by atoms with Crippen molar-refractivity contribution in [2.45, 2.75) is 52.9 Å². The average Bonchev–Trinajstić information content (AvgIpc) is 2.18. The fourth-order valence-corrected chi connectivity index (χ4v) is 0.800. The normalized spacial score (nSPS) is 9.13. The summed E-state index contributed by atoms with van der Waals surface area (Å²) in [6.45, 7) is 6.14. The van der Waals surface area contributed by atoms with Crippen molar-refractivity contribution in [3.8, 4) is 0 Å². The van der Waals surface area contributed by atoms with Crippen LogP contribution in [0.15, 0.2) is 0 Å². The van der Waals surface area contributed by atoms with E-state index in [2.05, 4.69) is 12.3 Å². The summed E-state index contributed by atoms with van der Waals surface area (Å²) in [4.78, 5) is 20.1. The molecule has 0 unspecified atom stereocenters. The third kappa shape index (κ3) is 19.5. The maximum absolute atomic E-state index is 10.5. The molecule has 0 rings (SSSR count). The van der Waals surface area contributed by atoms with E-state index in [9.17, 15) is 9.59 Å². The molecule has 0 aromatic rings. The first-order valence-electron chi connectivity index (χ1n) is 5.51. The minimum atomic E-state index is -0.0662. The number of rotatable bonds is 6. The van der Waals surface area contributed by atoms with Crippen LogP contribution in [-0.4, -0.2) is 12.2 Å². The summed E-state index contributed by atoms with van der Waals surface area (Å²) < 4.78 is 0. The van der Waals surface area contributed by atoms with Crippen molar-refractivity contribution in [3.05, 3.63) is 0 Å². The van der Waals surface area contributed by atoms with Gasteiger partial charge in [-0.1, -0.05) is 33.6 Å². The quantitative estimate of drug-likeness (QED) is 0.234. The van der Waals surface area contributed by atoms with Gasteiger partial charge in [0.1, 0.15) is 6.29 Å². The van der Waals surface area contributed by atoms with E-state index in [1.54, 1.807) is 0 Å². The van der Waals surface area contributed by atoms with Crippen molar-refractivity contribution in [2.24, 2.45) is 11.8 Å². The molecule has 0 saturated carbocycles. The molecule has 0 aliphatic rings. The Morgan fingerprint density at radius 1 is 1.40 bits per heavy atom. The number of unbranched alkanes of at least 4 members (excludes halogenated alkanes) is 2. The maximum atomic E-state index is 10.5. The Kier molecular flexibility index (Phi) is 14.4. The van der Waals surface area contributed by atoms with Crippen molar-refractivity contribution >= 4 is 12.2 Å². The van der Waals surface area contributed by atoms with Crippen LogP contribution in [0.1, 0.15) is 52.9 Å². The Labute approximate surface area is 92.6 Å². The number of amides is 1. The zero-order valence-corrected chi connectivity index (χ0v) is 10.1. The molecule has 3 N–H and O–H groups in total. The molecular weight excluding hydrogens is 192 g/mol. The van der Waals surface area contributed by atoms with Crippen molar-refractivity contribution in [1.82, 2.24) is 5.43 Å². The number of nitrogens with one attached hydrogen (secondary N) is 1. The molecule has 0 atom stereocenters. The topological polar surface area (TPSA) is 72.2 Å². The fraction of sp³-hybridized carbons (Fsp3) is 0.818. The predicted molar refractivity (Wildman–Crippen MR) is 62.0 cm³/mol. The first-order chi connectivity index (χ1) is 7.08. The minimum Gasteiger partial charge on any atom is -0.303 e. The van der Waals surface area contributed by atoms with E-state index in [0.29, 0.717) is 18.8 Å². The van der Waals surface area contributed by atoms with Crippen molar-refractivity contribution in [1.29, 1.82) is 0 Å². The van der Waals surface area contributed by atoms with Crippen LogP contribution >= 0.6 is 0 Å². The third-order valence-corrected chi connectivity index (χ3v) is 1.74. The SMILES string of the molecule is CC(C)CC=O.CCCCCC(=O)NN. The number of carbonyl (C=O) groups is 2. The summed E-state index contributed by atoms with van der Waals surface area (Å²) in [7, 11) is 0. The molecule has 0 aromatic carbocycles. The zero-order chi connectivity index (χ0) is 12.1. The molecule has 0 spiro atoms. The molecular formula is C11H24N2O2. The average molecular weight is 216 g/mol. The standard InChI is InChI=1S/C6H14N2O.C5H10O/c1-2-3-4-5-6(9)8-7;1-5(2)3-4-6/h2-5,7H2,1H3,(H,8,9);4-5H,3H2,1-2H3. The Balaban J connectivity index is 0. The van der Waals surface area contributed by atoms with Crippen LogP contribution in [0.2, 0.25) is 0 Å². The highest BCUT2D eigenvalue weighted by atomic mass is 16.2. The van der Waals surface area contributed by atoms with E-state index in [1.165, 1.54) is 0 Å². The lowest BCUT2D eigenvalue weighted by molar-refractivity contribution is -0.121. The summed E-state index contributed by atoms with van der Waals surface area (Å²) >= 11 is 0. The van der Waals surface area contributed by atoms with Crippen LogP contribution in [0.3, 0.4) is 0 Å². The van der Waals surface area contributed by atoms with Crippen LogP contribution in [0, 0.1) is 5.92 Å². The van der Waals surface area contributed by atoms with Gasteiger partial charge in [-0.2, -0.15) is 0 Å². The van der Waals surface area contributed by atoms with Gasteiger partial charge in [0.25, 0.3) is 0 Å².